The maximum absolute atomic E-state index is 11.6. The van der Waals surface area contributed by atoms with Crippen molar-refractivity contribution in [3.8, 4) is 0 Å². The summed E-state index contributed by atoms with van der Waals surface area (Å²) < 4.78 is 0. The highest BCUT2D eigenvalue weighted by Gasteiger charge is 2.23. The molecule has 0 bridgehead atoms. The Labute approximate surface area is 118 Å². The van der Waals surface area contributed by atoms with Crippen LogP contribution in [-0.2, 0) is 0 Å². The van der Waals surface area contributed by atoms with Crippen LogP contribution in [0.5, 0.6) is 0 Å². The maximum Gasteiger partial charge on any atom is 0.320 e. The van der Waals surface area contributed by atoms with E-state index in [0.29, 0.717) is 11.9 Å². The molecule has 1 aromatic rings. The molecule has 0 aromatic carbocycles. The van der Waals surface area contributed by atoms with Crippen molar-refractivity contribution in [3.05, 3.63) is 12.1 Å². The first kappa shape index (κ1) is 13.1. The topological polar surface area (TPSA) is 70.2 Å². The summed E-state index contributed by atoms with van der Waals surface area (Å²) in [7, 11) is 0. The minimum atomic E-state index is -0.193. The molecule has 2 fully saturated rings. The number of anilines is 2. The van der Waals surface area contributed by atoms with Crippen molar-refractivity contribution in [2.75, 3.05) is 23.3 Å². The van der Waals surface area contributed by atoms with Gasteiger partial charge in [-0.15, -0.1) is 10.2 Å². The number of aromatic nitrogens is 2. The Morgan fingerprint density at radius 3 is 2.55 bits per heavy atom. The van der Waals surface area contributed by atoms with Gasteiger partial charge in [-0.25, -0.2) is 4.79 Å². The number of carbonyl (C=O) groups is 1. The molecule has 108 valence electrons. The summed E-state index contributed by atoms with van der Waals surface area (Å²) in [6, 6.07) is 3.89. The monoisotopic (exact) mass is 275 g/mol. The first-order valence-electron chi connectivity index (χ1n) is 7.37. The summed E-state index contributed by atoms with van der Waals surface area (Å²) in [6.07, 6.45) is 4.55. The highest BCUT2D eigenvalue weighted by Crippen LogP contribution is 2.21. The largest absolute Gasteiger partial charge is 0.355 e. The summed E-state index contributed by atoms with van der Waals surface area (Å²) >= 11 is 0. The summed E-state index contributed by atoms with van der Waals surface area (Å²) in [5.41, 5.74) is 0. The zero-order chi connectivity index (χ0) is 13.9. The molecular formula is C14H21N5O. The molecule has 0 radical (unpaired) electrons. The Morgan fingerprint density at radius 1 is 1.20 bits per heavy atom. The average molecular weight is 275 g/mol. The van der Waals surface area contributed by atoms with Crippen LogP contribution in [0.1, 0.15) is 32.6 Å². The van der Waals surface area contributed by atoms with Crippen LogP contribution in [0.15, 0.2) is 12.1 Å². The van der Waals surface area contributed by atoms with Gasteiger partial charge in [0.05, 0.1) is 0 Å². The van der Waals surface area contributed by atoms with E-state index in [4.69, 9.17) is 0 Å². The van der Waals surface area contributed by atoms with E-state index in [-0.39, 0.29) is 6.03 Å². The Morgan fingerprint density at radius 2 is 1.95 bits per heavy atom. The van der Waals surface area contributed by atoms with Crippen molar-refractivity contribution in [1.82, 2.24) is 15.5 Å². The fourth-order valence-electron chi connectivity index (χ4n) is 2.36. The number of nitrogens with zero attached hydrogens (tertiary/aromatic N) is 3. The van der Waals surface area contributed by atoms with Crippen molar-refractivity contribution in [2.45, 2.75) is 38.6 Å². The zero-order valence-corrected chi connectivity index (χ0v) is 11.8. The van der Waals surface area contributed by atoms with Gasteiger partial charge in [0, 0.05) is 19.1 Å². The molecule has 0 spiro atoms. The lowest BCUT2D eigenvalue weighted by Gasteiger charge is -2.30. The van der Waals surface area contributed by atoms with Gasteiger partial charge in [-0.3, -0.25) is 5.32 Å². The second kappa shape index (κ2) is 5.64. The second-order valence-electron chi connectivity index (χ2n) is 5.82. The average Bonchev–Trinajstić information content (AvgIpc) is 3.24. The fourth-order valence-corrected chi connectivity index (χ4v) is 2.36. The molecule has 1 saturated carbocycles. The van der Waals surface area contributed by atoms with Gasteiger partial charge < -0.3 is 10.2 Å². The van der Waals surface area contributed by atoms with Crippen LogP contribution in [0.3, 0.4) is 0 Å². The van der Waals surface area contributed by atoms with Crippen LogP contribution in [0.4, 0.5) is 16.4 Å². The van der Waals surface area contributed by atoms with Gasteiger partial charge in [0.25, 0.3) is 0 Å². The lowest BCUT2D eigenvalue weighted by Crippen LogP contribution is -2.34. The van der Waals surface area contributed by atoms with Crippen molar-refractivity contribution in [1.29, 1.82) is 0 Å². The van der Waals surface area contributed by atoms with Gasteiger partial charge >= 0.3 is 6.03 Å². The Bertz CT molecular complexity index is 463. The van der Waals surface area contributed by atoms with E-state index in [1.807, 2.05) is 12.1 Å². The molecule has 6 nitrogen and oxygen atoms in total. The Hall–Kier alpha value is -1.85. The predicted molar refractivity (Wildman–Crippen MR) is 77.8 cm³/mol. The molecule has 0 unspecified atom stereocenters. The molecule has 1 aliphatic carbocycles. The summed E-state index contributed by atoms with van der Waals surface area (Å²) in [6.45, 7) is 4.35. The van der Waals surface area contributed by atoms with Gasteiger partial charge in [-0.05, 0) is 43.7 Å². The van der Waals surface area contributed by atoms with E-state index >= 15 is 0 Å². The normalized spacial score (nSPS) is 19.8. The first-order chi connectivity index (χ1) is 9.70. The lowest BCUT2D eigenvalue weighted by atomic mass is 9.99. The predicted octanol–water partition coefficient (Wildman–Crippen LogP) is 2.00. The number of urea groups is 1. The minimum absolute atomic E-state index is 0.193. The molecule has 2 N–H and O–H groups in total. The van der Waals surface area contributed by atoms with Crippen molar-refractivity contribution in [3.63, 3.8) is 0 Å². The third kappa shape index (κ3) is 3.37. The molecule has 1 aliphatic heterocycles. The van der Waals surface area contributed by atoms with E-state index in [1.165, 1.54) is 12.8 Å². The maximum atomic E-state index is 11.6. The van der Waals surface area contributed by atoms with Gasteiger partial charge in [0.1, 0.15) is 0 Å². The van der Waals surface area contributed by atoms with Crippen LogP contribution >= 0.6 is 0 Å². The third-order valence-corrected chi connectivity index (χ3v) is 3.91. The standard InChI is InChI=1S/C14H21N5O/c1-10-6-8-19(9-7-10)13-5-4-12(17-18-13)16-14(20)15-11-2-3-11/h4-5,10-11H,2-3,6-9H2,1H3,(H2,15,16,17,20). The number of amides is 2. The number of hydrogen-bond donors (Lipinski definition) is 2. The molecule has 0 atom stereocenters. The Kier molecular flexibility index (Phi) is 3.71. The van der Waals surface area contributed by atoms with Crippen molar-refractivity contribution < 1.29 is 4.79 Å². The molecule has 20 heavy (non-hydrogen) atoms. The van der Waals surface area contributed by atoms with E-state index in [9.17, 15) is 4.79 Å². The van der Waals surface area contributed by atoms with Gasteiger partial charge in [-0.2, -0.15) is 0 Å². The first-order valence-corrected chi connectivity index (χ1v) is 7.37. The number of carbonyl (C=O) groups excluding carboxylic acids is 1. The molecule has 2 amide bonds. The molecule has 1 saturated heterocycles. The fraction of sp³-hybridized carbons (Fsp3) is 0.643. The van der Waals surface area contributed by atoms with Gasteiger partial charge in [0.15, 0.2) is 11.6 Å². The van der Waals surface area contributed by atoms with E-state index in [0.717, 1.165) is 37.7 Å². The number of hydrogen-bond acceptors (Lipinski definition) is 4. The molecule has 2 heterocycles. The summed E-state index contributed by atoms with van der Waals surface area (Å²) in [5, 5.41) is 13.9. The van der Waals surface area contributed by atoms with E-state index in [2.05, 4.69) is 32.7 Å². The van der Waals surface area contributed by atoms with Crippen LogP contribution in [0.25, 0.3) is 0 Å². The molecule has 3 rings (SSSR count). The van der Waals surface area contributed by atoms with Crippen LogP contribution in [-0.4, -0.2) is 35.4 Å². The zero-order valence-electron chi connectivity index (χ0n) is 11.8. The van der Waals surface area contributed by atoms with Crippen LogP contribution in [0.2, 0.25) is 0 Å². The highest BCUT2D eigenvalue weighted by atomic mass is 16.2. The van der Waals surface area contributed by atoms with Gasteiger partial charge in [-0.1, -0.05) is 6.92 Å². The summed E-state index contributed by atoms with van der Waals surface area (Å²) in [4.78, 5) is 13.8. The third-order valence-electron chi connectivity index (χ3n) is 3.91. The highest BCUT2D eigenvalue weighted by molar-refractivity contribution is 5.88. The lowest BCUT2D eigenvalue weighted by molar-refractivity contribution is 0.251. The smallest absolute Gasteiger partial charge is 0.320 e. The Balaban J connectivity index is 1.55. The van der Waals surface area contributed by atoms with E-state index in [1.54, 1.807) is 0 Å². The molecule has 2 aliphatic rings. The SMILES string of the molecule is CC1CCN(c2ccc(NC(=O)NC3CC3)nn2)CC1. The molecule has 6 heteroatoms. The molecular weight excluding hydrogens is 254 g/mol. The second-order valence-corrected chi connectivity index (χ2v) is 5.82. The van der Waals surface area contributed by atoms with Crippen LogP contribution < -0.4 is 15.5 Å². The number of piperidine rings is 1. The number of nitrogens with one attached hydrogen (secondary N) is 2. The van der Waals surface area contributed by atoms with Gasteiger partial charge in [0.2, 0.25) is 0 Å². The quantitative estimate of drug-likeness (QED) is 0.885. The molecule has 1 aromatic heterocycles. The van der Waals surface area contributed by atoms with Crippen LogP contribution in [0, 0.1) is 5.92 Å². The minimum Gasteiger partial charge on any atom is -0.355 e. The summed E-state index contributed by atoms with van der Waals surface area (Å²) in [5.74, 6) is 2.19. The number of rotatable bonds is 3. The van der Waals surface area contributed by atoms with Crippen molar-refractivity contribution >= 4 is 17.7 Å². The van der Waals surface area contributed by atoms with Crippen molar-refractivity contribution in [2.24, 2.45) is 5.92 Å². The van der Waals surface area contributed by atoms with E-state index < -0.39 is 0 Å².